The first-order valence-corrected chi connectivity index (χ1v) is 6.15. The van der Waals surface area contributed by atoms with Gasteiger partial charge in [-0.1, -0.05) is 18.3 Å². The zero-order chi connectivity index (χ0) is 14.7. The van der Waals surface area contributed by atoms with Crippen molar-refractivity contribution in [1.29, 1.82) is 0 Å². The third-order valence-electron chi connectivity index (χ3n) is 2.73. The largest absolute Gasteiger partial charge is 0.389 e. The standard InChI is InChI=1S/C14H11F3N2S/c15-9-3-4-13(11(5-9)14(18)20)19-7-8-1-2-10(16)6-12(8)17/h1-6,19H,7H2,(H2,18,20). The molecule has 0 heterocycles. The second-order valence-electron chi connectivity index (χ2n) is 4.14. The van der Waals surface area contributed by atoms with Gasteiger partial charge in [-0.2, -0.15) is 0 Å². The highest BCUT2D eigenvalue weighted by Gasteiger charge is 2.08. The van der Waals surface area contributed by atoms with Gasteiger partial charge in [0.2, 0.25) is 0 Å². The minimum atomic E-state index is -0.656. The van der Waals surface area contributed by atoms with Crippen molar-refractivity contribution in [1.82, 2.24) is 0 Å². The Bertz CT molecular complexity index is 659. The first kappa shape index (κ1) is 14.3. The first-order valence-electron chi connectivity index (χ1n) is 5.74. The van der Waals surface area contributed by atoms with E-state index in [0.29, 0.717) is 11.3 Å². The van der Waals surface area contributed by atoms with E-state index in [1.807, 2.05) is 0 Å². The highest BCUT2D eigenvalue weighted by atomic mass is 32.1. The van der Waals surface area contributed by atoms with E-state index in [1.165, 1.54) is 30.3 Å². The highest BCUT2D eigenvalue weighted by molar-refractivity contribution is 7.80. The van der Waals surface area contributed by atoms with E-state index in [4.69, 9.17) is 18.0 Å². The van der Waals surface area contributed by atoms with Crippen LogP contribution in [0.1, 0.15) is 11.1 Å². The van der Waals surface area contributed by atoms with Gasteiger partial charge < -0.3 is 11.1 Å². The maximum Gasteiger partial charge on any atom is 0.131 e. The molecule has 3 N–H and O–H groups in total. The van der Waals surface area contributed by atoms with Crippen LogP contribution in [0.2, 0.25) is 0 Å². The summed E-state index contributed by atoms with van der Waals surface area (Å²) in [5.41, 5.74) is 6.61. The van der Waals surface area contributed by atoms with Crippen LogP contribution in [0.4, 0.5) is 18.9 Å². The van der Waals surface area contributed by atoms with Gasteiger partial charge >= 0.3 is 0 Å². The maximum absolute atomic E-state index is 13.5. The summed E-state index contributed by atoms with van der Waals surface area (Å²) < 4.78 is 39.4. The highest BCUT2D eigenvalue weighted by Crippen LogP contribution is 2.19. The van der Waals surface area contributed by atoms with E-state index >= 15 is 0 Å². The van der Waals surface area contributed by atoms with Crippen molar-refractivity contribution in [3.63, 3.8) is 0 Å². The first-order chi connectivity index (χ1) is 9.47. The second kappa shape index (κ2) is 5.92. The van der Waals surface area contributed by atoms with Gasteiger partial charge in [-0.15, -0.1) is 0 Å². The number of halogens is 3. The second-order valence-corrected chi connectivity index (χ2v) is 4.58. The Morgan fingerprint density at radius 3 is 2.35 bits per heavy atom. The van der Waals surface area contributed by atoms with Crippen molar-refractivity contribution in [2.75, 3.05) is 5.32 Å². The molecule has 0 aliphatic heterocycles. The molecule has 104 valence electrons. The Morgan fingerprint density at radius 2 is 1.70 bits per heavy atom. The van der Waals surface area contributed by atoms with Crippen molar-refractivity contribution in [3.05, 3.63) is 65.0 Å². The summed E-state index contributed by atoms with van der Waals surface area (Å²) in [6.45, 7) is 0.105. The van der Waals surface area contributed by atoms with Crippen LogP contribution >= 0.6 is 12.2 Å². The number of nitrogens with two attached hydrogens (primary N) is 1. The molecule has 0 aromatic heterocycles. The molecular formula is C14H11F3N2S. The lowest BCUT2D eigenvalue weighted by Crippen LogP contribution is -2.14. The van der Waals surface area contributed by atoms with Crippen molar-refractivity contribution in [2.24, 2.45) is 5.73 Å². The fourth-order valence-corrected chi connectivity index (χ4v) is 1.90. The van der Waals surface area contributed by atoms with Crippen LogP contribution in [-0.2, 0) is 6.54 Å². The lowest BCUT2D eigenvalue weighted by atomic mass is 10.1. The lowest BCUT2D eigenvalue weighted by molar-refractivity contribution is 0.574. The molecule has 0 saturated carbocycles. The predicted molar refractivity (Wildman–Crippen MR) is 76.0 cm³/mol. The van der Waals surface area contributed by atoms with E-state index < -0.39 is 17.5 Å². The van der Waals surface area contributed by atoms with Crippen molar-refractivity contribution >= 4 is 22.9 Å². The molecule has 2 nitrogen and oxygen atoms in total. The minimum Gasteiger partial charge on any atom is -0.389 e. The van der Waals surface area contributed by atoms with Gasteiger partial charge in [-0.05, 0) is 24.3 Å². The molecule has 2 aromatic carbocycles. The Kier molecular flexibility index (Phi) is 4.24. The van der Waals surface area contributed by atoms with Crippen molar-refractivity contribution < 1.29 is 13.2 Å². The van der Waals surface area contributed by atoms with Gasteiger partial charge in [-0.3, -0.25) is 0 Å². The summed E-state index contributed by atoms with van der Waals surface area (Å²) in [7, 11) is 0. The molecule has 20 heavy (non-hydrogen) atoms. The van der Waals surface area contributed by atoms with Crippen molar-refractivity contribution in [3.8, 4) is 0 Å². The SMILES string of the molecule is NC(=S)c1cc(F)ccc1NCc1ccc(F)cc1F. The van der Waals surface area contributed by atoms with E-state index in [1.54, 1.807) is 0 Å². The summed E-state index contributed by atoms with van der Waals surface area (Å²) >= 11 is 4.83. The number of rotatable bonds is 4. The Balaban J connectivity index is 2.20. The average molecular weight is 296 g/mol. The van der Waals surface area contributed by atoms with Crippen LogP contribution in [0.5, 0.6) is 0 Å². The van der Waals surface area contributed by atoms with Gasteiger partial charge in [0.25, 0.3) is 0 Å². The molecule has 2 rings (SSSR count). The molecule has 0 amide bonds. The minimum absolute atomic E-state index is 0.0339. The summed E-state index contributed by atoms with van der Waals surface area (Å²) in [6, 6.07) is 7.21. The summed E-state index contributed by atoms with van der Waals surface area (Å²) in [5, 5.41) is 2.90. The van der Waals surface area contributed by atoms with E-state index in [0.717, 1.165) is 6.07 Å². The fourth-order valence-electron chi connectivity index (χ4n) is 1.73. The quantitative estimate of drug-likeness (QED) is 0.850. The Labute approximate surface area is 119 Å². The molecule has 0 radical (unpaired) electrons. The number of anilines is 1. The van der Waals surface area contributed by atoms with Crippen LogP contribution < -0.4 is 11.1 Å². The molecule has 2 aromatic rings. The van der Waals surface area contributed by atoms with Crippen molar-refractivity contribution in [2.45, 2.75) is 6.54 Å². The Morgan fingerprint density at radius 1 is 1.05 bits per heavy atom. The van der Waals surface area contributed by atoms with E-state index in [9.17, 15) is 13.2 Å². The smallest absolute Gasteiger partial charge is 0.131 e. The Hall–Kier alpha value is -2.08. The summed E-state index contributed by atoms with van der Waals surface area (Å²) in [5.74, 6) is -1.76. The third-order valence-corrected chi connectivity index (χ3v) is 2.95. The topological polar surface area (TPSA) is 38.0 Å². The average Bonchev–Trinajstić information content (AvgIpc) is 2.38. The molecule has 6 heteroatoms. The number of benzene rings is 2. The number of hydrogen-bond acceptors (Lipinski definition) is 2. The van der Waals surface area contributed by atoms with Crippen LogP contribution in [-0.4, -0.2) is 4.99 Å². The van der Waals surface area contributed by atoms with Crippen LogP contribution in [0, 0.1) is 17.5 Å². The molecule has 0 bridgehead atoms. The molecule has 0 aliphatic rings. The predicted octanol–water partition coefficient (Wildman–Crippen LogP) is 3.35. The molecule has 0 atom stereocenters. The zero-order valence-electron chi connectivity index (χ0n) is 10.3. The number of hydrogen-bond donors (Lipinski definition) is 2. The normalized spacial score (nSPS) is 10.3. The van der Waals surface area contributed by atoms with Gasteiger partial charge in [0.15, 0.2) is 0 Å². The molecule has 0 saturated heterocycles. The number of nitrogens with one attached hydrogen (secondary N) is 1. The molecular weight excluding hydrogens is 285 g/mol. The summed E-state index contributed by atoms with van der Waals surface area (Å²) in [4.78, 5) is 0.0339. The van der Waals surface area contributed by atoms with Gasteiger partial charge in [0, 0.05) is 29.4 Å². The van der Waals surface area contributed by atoms with Crippen LogP contribution in [0.25, 0.3) is 0 Å². The van der Waals surface area contributed by atoms with Gasteiger partial charge in [0.05, 0.1) is 0 Å². The molecule has 0 unspecified atom stereocenters. The summed E-state index contributed by atoms with van der Waals surface area (Å²) in [6.07, 6.45) is 0. The van der Waals surface area contributed by atoms with Crippen LogP contribution in [0.15, 0.2) is 36.4 Å². The third kappa shape index (κ3) is 3.27. The number of thiocarbonyl (C=S) groups is 1. The van der Waals surface area contributed by atoms with Gasteiger partial charge in [-0.25, -0.2) is 13.2 Å². The monoisotopic (exact) mass is 296 g/mol. The molecule has 0 fully saturated rings. The maximum atomic E-state index is 13.5. The molecule has 0 aliphatic carbocycles. The van der Waals surface area contributed by atoms with Gasteiger partial charge in [0.1, 0.15) is 22.4 Å². The van der Waals surface area contributed by atoms with E-state index in [2.05, 4.69) is 5.32 Å². The van der Waals surface area contributed by atoms with Crippen LogP contribution in [0.3, 0.4) is 0 Å². The molecule has 0 spiro atoms. The van der Waals surface area contributed by atoms with E-state index in [-0.39, 0.29) is 17.1 Å². The lowest BCUT2D eigenvalue weighted by Gasteiger charge is -2.12. The fraction of sp³-hybridized carbons (Fsp3) is 0.0714. The zero-order valence-corrected chi connectivity index (χ0v) is 11.1.